The van der Waals surface area contributed by atoms with Crippen LogP contribution in [-0.2, 0) is 4.74 Å². The molecule has 1 atom stereocenters. The van der Waals surface area contributed by atoms with Crippen molar-refractivity contribution in [2.75, 3.05) is 40.3 Å². The van der Waals surface area contributed by atoms with Crippen LogP contribution in [0, 0.1) is 0 Å². The molecule has 1 aliphatic rings. The molecule has 100 valence electrons. The second-order valence-electron chi connectivity index (χ2n) is 5.84. The molecule has 0 saturated carbocycles. The SMILES string of the molecule is CN(C)CC1CN(C(=O)OC(C)(C)C)CCN1. The van der Waals surface area contributed by atoms with Crippen LogP contribution < -0.4 is 5.32 Å². The molecule has 5 nitrogen and oxygen atoms in total. The van der Waals surface area contributed by atoms with E-state index >= 15 is 0 Å². The molecular formula is C12H25N3O2. The van der Waals surface area contributed by atoms with Crippen molar-refractivity contribution >= 4 is 6.09 Å². The fourth-order valence-electron chi connectivity index (χ4n) is 1.88. The van der Waals surface area contributed by atoms with Crippen molar-refractivity contribution in [2.24, 2.45) is 0 Å². The second kappa shape index (κ2) is 5.69. The van der Waals surface area contributed by atoms with Gasteiger partial charge in [0.05, 0.1) is 0 Å². The summed E-state index contributed by atoms with van der Waals surface area (Å²) < 4.78 is 5.38. The van der Waals surface area contributed by atoms with E-state index in [4.69, 9.17) is 4.74 Å². The molecule has 1 aliphatic heterocycles. The Morgan fingerprint density at radius 1 is 1.47 bits per heavy atom. The predicted molar refractivity (Wildman–Crippen MR) is 68.2 cm³/mol. The number of rotatable bonds is 2. The fraction of sp³-hybridized carbons (Fsp3) is 0.917. The van der Waals surface area contributed by atoms with Gasteiger partial charge in [0.1, 0.15) is 5.60 Å². The highest BCUT2D eigenvalue weighted by molar-refractivity contribution is 5.68. The molecule has 5 heteroatoms. The number of ether oxygens (including phenoxy) is 1. The number of carbonyl (C=O) groups excluding carboxylic acids is 1. The molecule has 0 bridgehead atoms. The second-order valence-corrected chi connectivity index (χ2v) is 5.84. The minimum absolute atomic E-state index is 0.206. The third-order valence-corrected chi connectivity index (χ3v) is 2.49. The Labute approximate surface area is 104 Å². The van der Waals surface area contributed by atoms with Gasteiger partial charge in [-0.15, -0.1) is 0 Å². The molecule has 0 spiro atoms. The van der Waals surface area contributed by atoms with Crippen molar-refractivity contribution in [1.82, 2.24) is 15.1 Å². The zero-order valence-corrected chi connectivity index (χ0v) is 11.6. The van der Waals surface area contributed by atoms with Gasteiger partial charge in [-0.3, -0.25) is 0 Å². The van der Waals surface area contributed by atoms with Crippen LogP contribution in [0.15, 0.2) is 0 Å². The summed E-state index contributed by atoms with van der Waals surface area (Å²) in [5, 5.41) is 3.41. The standard InChI is InChI=1S/C12H25N3O2/c1-12(2,3)17-11(16)15-7-6-13-10(9-15)8-14(4)5/h10,13H,6-9H2,1-5H3. The molecule has 1 unspecified atom stereocenters. The Morgan fingerprint density at radius 3 is 2.65 bits per heavy atom. The molecule has 17 heavy (non-hydrogen) atoms. The van der Waals surface area contributed by atoms with Gasteiger partial charge in [0.15, 0.2) is 0 Å². The summed E-state index contributed by atoms with van der Waals surface area (Å²) in [5.41, 5.74) is -0.418. The Morgan fingerprint density at radius 2 is 2.12 bits per heavy atom. The number of amides is 1. The smallest absolute Gasteiger partial charge is 0.410 e. The number of piperazine rings is 1. The lowest BCUT2D eigenvalue weighted by Gasteiger charge is -2.35. The number of nitrogens with zero attached hydrogens (tertiary/aromatic N) is 2. The minimum atomic E-state index is -0.418. The third kappa shape index (κ3) is 5.37. The van der Waals surface area contributed by atoms with E-state index in [1.165, 1.54) is 0 Å². The maximum Gasteiger partial charge on any atom is 0.410 e. The zero-order valence-electron chi connectivity index (χ0n) is 11.6. The maximum atomic E-state index is 11.9. The van der Waals surface area contributed by atoms with Crippen molar-refractivity contribution in [2.45, 2.75) is 32.4 Å². The van der Waals surface area contributed by atoms with Crippen LogP contribution in [0.5, 0.6) is 0 Å². The Balaban J connectivity index is 2.46. The highest BCUT2D eigenvalue weighted by atomic mass is 16.6. The van der Waals surface area contributed by atoms with Crippen molar-refractivity contribution < 1.29 is 9.53 Å². The molecule has 1 saturated heterocycles. The lowest BCUT2D eigenvalue weighted by atomic mass is 10.2. The minimum Gasteiger partial charge on any atom is -0.444 e. The van der Waals surface area contributed by atoms with Crippen LogP contribution in [0.3, 0.4) is 0 Å². The fourth-order valence-corrected chi connectivity index (χ4v) is 1.88. The van der Waals surface area contributed by atoms with Crippen LogP contribution in [0.25, 0.3) is 0 Å². The average molecular weight is 243 g/mol. The Kier molecular flexibility index (Phi) is 4.77. The van der Waals surface area contributed by atoms with E-state index in [9.17, 15) is 4.79 Å². The summed E-state index contributed by atoms with van der Waals surface area (Å²) in [7, 11) is 4.07. The van der Waals surface area contributed by atoms with Gasteiger partial charge in [0, 0.05) is 32.2 Å². The molecule has 1 heterocycles. The highest BCUT2D eigenvalue weighted by Crippen LogP contribution is 2.11. The van der Waals surface area contributed by atoms with Gasteiger partial charge in [-0.1, -0.05) is 0 Å². The highest BCUT2D eigenvalue weighted by Gasteiger charge is 2.27. The number of hydrogen-bond acceptors (Lipinski definition) is 4. The molecular weight excluding hydrogens is 218 g/mol. The maximum absolute atomic E-state index is 11.9. The van der Waals surface area contributed by atoms with Crippen LogP contribution >= 0.6 is 0 Å². The predicted octanol–water partition coefficient (Wildman–Crippen LogP) is 0.757. The first-order valence-corrected chi connectivity index (χ1v) is 6.14. The van der Waals surface area contributed by atoms with Gasteiger partial charge < -0.3 is 19.9 Å². The molecule has 1 amide bonds. The van der Waals surface area contributed by atoms with Crippen molar-refractivity contribution in [3.8, 4) is 0 Å². The first-order chi connectivity index (χ1) is 7.78. The molecule has 1 fully saturated rings. The van der Waals surface area contributed by atoms with E-state index in [0.717, 1.165) is 19.6 Å². The van der Waals surface area contributed by atoms with E-state index < -0.39 is 5.60 Å². The summed E-state index contributed by atoms with van der Waals surface area (Å²) >= 11 is 0. The largest absolute Gasteiger partial charge is 0.444 e. The first kappa shape index (κ1) is 14.3. The molecule has 1 rings (SSSR count). The van der Waals surface area contributed by atoms with Crippen molar-refractivity contribution in [3.63, 3.8) is 0 Å². The van der Waals surface area contributed by atoms with E-state index in [2.05, 4.69) is 10.2 Å². The molecule has 0 radical (unpaired) electrons. The summed E-state index contributed by atoms with van der Waals surface area (Å²) in [6, 6.07) is 0.325. The molecule has 0 aliphatic carbocycles. The number of hydrogen-bond donors (Lipinski definition) is 1. The number of nitrogens with one attached hydrogen (secondary N) is 1. The summed E-state index contributed by atoms with van der Waals surface area (Å²) in [6.07, 6.45) is -0.206. The van der Waals surface area contributed by atoms with Crippen LogP contribution in [0.2, 0.25) is 0 Å². The quantitative estimate of drug-likeness (QED) is 0.777. The molecule has 0 aromatic heterocycles. The molecule has 1 N–H and O–H groups in total. The lowest BCUT2D eigenvalue weighted by molar-refractivity contribution is 0.0187. The average Bonchev–Trinajstić information content (AvgIpc) is 2.14. The monoisotopic (exact) mass is 243 g/mol. The van der Waals surface area contributed by atoms with Crippen LogP contribution in [0.1, 0.15) is 20.8 Å². The van der Waals surface area contributed by atoms with Gasteiger partial charge in [-0.2, -0.15) is 0 Å². The number of carbonyl (C=O) groups is 1. The van der Waals surface area contributed by atoms with Crippen molar-refractivity contribution in [3.05, 3.63) is 0 Å². The van der Waals surface area contributed by atoms with Gasteiger partial charge in [-0.05, 0) is 34.9 Å². The Bertz CT molecular complexity index is 261. The normalized spacial score (nSPS) is 21.8. The van der Waals surface area contributed by atoms with Gasteiger partial charge in [0.2, 0.25) is 0 Å². The van der Waals surface area contributed by atoms with Crippen molar-refractivity contribution in [1.29, 1.82) is 0 Å². The van der Waals surface area contributed by atoms with Gasteiger partial charge in [0.25, 0.3) is 0 Å². The van der Waals surface area contributed by atoms with E-state index in [-0.39, 0.29) is 6.09 Å². The van der Waals surface area contributed by atoms with Crippen LogP contribution in [0.4, 0.5) is 4.79 Å². The topological polar surface area (TPSA) is 44.8 Å². The summed E-state index contributed by atoms with van der Waals surface area (Å²) in [4.78, 5) is 15.8. The molecule has 0 aromatic rings. The van der Waals surface area contributed by atoms with Crippen LogP contribution in [-0.4, -0.2) is 67.8 Å². The summed E-state index contributed by atoms with van der Waals surface area (Å²) in [5.74, 6) is 0. The lowest BCUT2D eigenvalue weighted by Crippen LogP contribution is -2.56. The van der Waals surface area contributed by atoms with E-state index in [0.29, 0.717) is 12.6 Å². The van der Waals surface area contributed by atoms with E-state index in [1.54, 1.807) is 4.90 Å². The van der Waals surface area contributed by atoms with Gasteiger partial charge in [-0.25, -0.2) is 4.79 Å². The zero-order chi connectivity index (χ0) is 13.1. The van der Waals surface area contributed by atoms with E-state index in [1.807, 2.05) is 34.9 Å². The first-order valence-electron chi connectivity index (χ1n) is 6.14. The van der Waals surface area contributed by atoms with Gasteiger partial charge >= 0.3 is 6.09 Å². The number of likely N-dealkylation sites (N-methyl/N-ethyl adjacent to an activating group) is 1. The summed E-state index contributed by atoms with van der Waals surface area (Å²) in [6.45, 7) is 8.88. The Hall–Kier alpha value is -0.810. The molecule has 0 aromatic carbocycles. The third-order valence-electron chi connectivity index (χ3n) is 2.49.